The molecule has 1 N–H and O–H groups in total. The molecule has 2 rings (SSSR count). The molecular formula is C16H21N3S. The van der Waals surface area contributed by atoms with E-state index in [1.807, 2.05) is 6.07 Å². The summed E-state index contributed by atoms with van der Waals surface area (Å²) >= 11 is 1.69. The highest BCUT2D eigenvalue weighted by Crippen LogP contribution is 2.22. The quantitative estimate of drug-likeness (QED) is 0.623. The van der Waals surface area contributed by atoms with Crippen molar-refractivity contribution in [3.63, 3.8) is 0 Å². The fraction of sp³-hybridized carbons (Fsp3) is 0.375. The summed E-state index contributed by atoms with van der Waals surface area (Å²) in [6.45, 7) is 5.33. The van der Waals surface area contributed by atoms with Crippen molar-refractivity contribution in [2.45, 2.75) is 31.5 Å². The molecule has 106 valence electrons. The third-order valence-electron chi connectivity index (χ3n) is 3.04. The summed E-state index contributed by atoms with van der Waals surface area (Å²) in [6, 6.07) is 10.9. The van der Waals surface area contributed by atoms with Gasteiger partial charge < -0.3 is 5.32 Å². The van der Waals surface area contributed by atoms with Crippen LogP contribution in [0.4, 0.5) is 0 Å². The van der Waals surface area contributed by atoms with E-state index >= 15 is 0 Å². The monoisotopic (exact) mass is 287 g/mol. The lowest BCUT2D eigenvalue weighted by atomic mass is 10.1. The number of hydrogen-bond donors (Lipinski definition) is 1. The first kappa shape index (κ1) is 15.0. The van der Waals surface area contributed by atoms with Crippen LogP contribution in [0.2, 0.25) is 0 Å². The second-order valence-electron chi connectivity index (χ2n) is 4.76. The number of aromatic nitrogens is 2. The lowest BCUT2D eigenvalue weighted by molar-refractivity contribution is 0.577. The molecule has 0 aliphatic carbocycles. The lowest BCUT2D eigenvalue weighted by Crippen LogP contribution is -2.24. The molecule has 3 nitrogen and oxygen atoms in total. The maximum atomic E-state index is 4.26. The molecule has 2 aromatic rings. The normalized spacial score (nSPS) is 12.3. The van der Waals surface area contributed by atoms with Gasteiger partial charge in [0.25, 0.3) is 0 Å². The van der Waals surface area contributed by atoms with Crippen molar-refractivity contribution in [1.29, 1.82) is 0 Å². The van der Waals surface area contributed by atoms with Gasteiger partial charge in [0, 0.05) is 24.2 Å². The third-order valence-corrected chi connectivity index (χ3v) is 4.01. The molecule has 1 aromatic carbocycles. The van der Waals surface area contributed by atoms with Gasteiger partial charge in [-0.3, -0.25) is 0 Å². The SMILES string of the molecule is CCCNC(CSc1ncccn1)c1ccc(C)cc1. The predicted octanol–water partition coefficient (Wildman–Crippen LogP) is 3.62. The number of benzene rings is 1. The summed E-state index contributed by atoms with van der Waals surface area (Å²) in [5, 5.41) is 4.44. The fourth-order valence-corrected chi connectivity index (χ4v) is 2.80. The first-order chi connectivity index (χ1) is 9.79. The van der Waals surface area contributed by atoms with Crippen LogP contribution < -0.4 is 5.32 Å². The van der Waals surface area contributed by atoms with Crippen molar-refractivity contribution >= 4 is 11.8 Å². The summed E-state index contributed by atoms with van der Waals surface area (Å²) < 4.78 is 0. The molecule has 0 radical (unpaired) electrons. The summed E-state index contributed by atoms with van der Waals surface area (Å²) in [6.07, 6.45) is 4.71. The van der Waals surface area contributed by atoms with Crippen LogP contribution in [0.5, 0.6) is 0 Å². The van der Waals surface area contributed by atoms with Gasteiger partial charge in [-0.15, -0.1) is 0 Å². The summed E-state index contributed by atoms with van der Waals surface area (Å²) in [7, 11) is 0. The van der Waals surface area contributed by atoms with Gasteiger partial charge >= 0.3 is 0 Å². The molecule has 0 fully saturated rings. The molecule has 1 heterocycles. The minimum Gasteiger partial charge on any atom is -0.309 e. The summed E-state index contributed by atoms with van der Waals surface area (Å²) in [5.74, 6) is 0.938. The highest BCUT2D eigenvalue weighted by atomic mass is 32.2. The van der Waals surface area contributed by atoms with Crippen LogP contribution in [0, 0.1) is 6.92 Å². The van der Waals surface area contributed by atoms with Crippen LogP contribution >= 0.6 is 11.8 Å². The average molecular weight is 287 g/mol. The van der Waals surface area contributed by atoms with E-state index in [0.717, 1.165) is 23.9 Å². The number of aryl methyl sites for hydroxylation is 1. The van der Waals surface area contributed by atoms with Crippen molar-refractivity contribution in [3.05, 3.63) is 53.9 Å². The molecule has 0 amide bonds. The van der Waals surface area contributed by atoms with E-state index in [1.54, 1.807) is 24.2 Å². The molecule has 0 bridgehead atoms. The number of thioether (sulfide) groups is 1. The lowest BCUT2D eigenvalue weighted by Gasteiger charge is -2.18. The van der Waals surface area contributed by atoms with Gasteiger partial charge in [-0.25, -0.2) is 9.97 Å². The molecule has 0 saturated carbocycles. The van der Waals surface area contributed by atoms with Gasteiger partial charge in [0.1, 0.15) is 0 Å². The second-order valence-corrected chi connectivity index (χ2v) is 5.75. The third kappa shape index (κ3) is 4.62. The van der Waals surface area contributed by atoms with E-state index in [2.05, 4.69) is 53.4 Å². The predicted molar refractivity (Wildman–Crippen MR) is 85.0 cm³/mol. The van der Waals surface area contributed by atoms with Crippen LogP contribution in [-0.4, -0.2) is 22.3 Å². The van der Waals surface area contributed by atoms with Gasteiger partial charge in [0.15, 0.2) is 5.16 Å². The van der Waals surface area contributed by atoms with Crippen LogP contribution in [0.1, 0.15) is 30.5 Å². The molecule has 0 aliphatic rings. The zero-order valence-corrected chi connectivity index (χ0v) is 12.9. The molecule has 0 aliphatic heterocycles. The minimum absolute atomic E-state index is 0.337. The first-order valence-electron chi connectivity index (χ1n) is 6.99. The molecule has 0 saturated heterocycles. The highest BCUT2D eigenvalue weighted by molar-refractivity contribution is 7.99. The standard InChI is InChI=1S/C16H21N3S/c1-3-9-17-15(14-7-5-13(2)6-8-14)12-20-16-18-10-4-11-19-16/h4-8,10-11,15,17H,3,9,12H2,1-2H3. The maximum absolute atomic E-state index is 4.26. The van der Waals surface area contributed by atoms with Crippen molar-refractivity contribution in [3.8, 4) is 0 Å². The number of nitrogens with one attached hydrogen (secondary N) is 1. The Bertz CT molecular complexity index is 499. The Morgan fingerprint density at radius 3 is 2.50 bits per heavy atom. The Labute approximate surface area is 125 Å². The van der Waals surface area contributed by atoms with Crippen LogP contribution in [0.25, 0.3) is 0 Å². The van der Waals surface area contributed by atoms with Crippen LogP contribution in [0.15, 0.2) is 47.9 Å². The zero-order valence-electron chi connectivity index (χ0n) is 12.0. The Hall–Kier alpha value is -1.39. The van der Waals surface area contributed by atoms with E-state index in [-0.39, 0.29) is 0 Å². The zero-order chi connectivity index (χ0) is 14.2. The van der Waals surface area contributed by atoms with Crippen molar-refractivity contribution in [2.24, 2.45) is 0 Å². The van der Waals surface area contributed by atoms with Crippen LogP contribution in [0.3, 0.4) is 0 Å². The van der Waals surface area contributed by atoms with E-state index in [1.165, 1.54) is 11.1 Å². The van der Waals surface area contributed by atoms with Gasteiger partial charge in [0.05, 0.1) is 0 Å². The molecule has 0 spiro atoms. The Balaban J connectivity index is 2.01. The molecule has 20 heavy (non-hydrogen) atoms. The average Bonchev–Trinajstić information content (AvgIpc) is 2.50. The van der Waals surface area contributed by atoms with E-state index in [0.29, 0.717) is 6.04 Å². The number of rotatable bonds is 7. The van der Waals surface area contributed by atoms with E-state index in [4.69, 9.17) is 0 Å². The summed E-state index contributed by atoms with van der Waals surface area (Å²) in [5.41, 5.74) is 2.62. The topological polar surface area (TPSA) is 37.8 Å². The number of hydrogen-bond acceptors (Lipinski definition) is 4. The van der Waals surface area contributed by atoms with Gasteiger partial charge in [-0.1, -0.05) is 48.5 Å². The van der Waals surface area contributed by atoms with Crippen LogP contribution in [-0.2, 0) is 0 Å². The Morgan fingerprint density at radius 2 is 1.85 bits per heavy atom. The van der Waals surface area contributed by atoms with E-state index < -0.39 is 0 Å². The van der Waals surface area contributed by atoms with Crippen molar-refractivity contribution < 1.29 is 0 Å². The first-order valence-corrected chi connectivity index (χ1v) is 7.98. The van der Waals surface area contributed by atoms with E-state index in [9.17, 15) is 0 Å². The highest BCUT2D eigenvalue weighted by Gasteiger charge is 2.11. The molecule has 1 atom stereocenters. The van der Waals surface area contributed by atoms with Gasteiger partial charge in [-0.2, -0.15) is 0 Å². The van der Waals surface area contributed by atoms with Crippen molar-refractivity contribution in [2.75, 3.05) is 12.3 Å². The Morgan fingerprint density at radius 1 is 1.15 bits per heavy atom. The fourth-order valence-electron chi connectivity index (χ4n) is 1.91. The molecular weight excluding hydrogens is 266 g/mol. The Kier molecular flexibility index (Phi) is 6.02. The largest absolute Gasteiger partial charge is 0.309 e. The molecule has 4 heteroatoms. The summed E-state index contributed by atoms with van der Waals surface area (Å²) in [4.78, 5) is 8.53. The smallest absolute Gasteiger partial charge is 0.187 e. The molecule has 1 unspecified atom stereocenters. The maximum Gasteiger partial charge on any atom is 0.187 e. The second kappa shape index (κ2) is 8.02. The van der Waals surface area contributed by atoms with Gasteiger partial charge in [-0.05, 0) is 31.5 Å². The van der Waals surface area contributed by atoms with Gasteiger partial charge in [0.2, 0.25) is 0 Å². The van der Waals surface area contributed by atoms with Crippen molar-refractivity contribution in [1.82, 2.24) is 15.3 Å². The minimum atomic E-state index is 0.337. The number of nitrogens with zero attached hydrogens (tertiary/aromatic N) is 2. The molecule has 1 aromatic heterocycles.